The fourth-order valence-corrected chi connectivity index (χ4v) is 4.58. The van der Waals surface area contributed by atoms with Crippen molar-refractivity contribution in [1.82, 2.24) is 14.5 Å². The van der Waals surface area contributed by atoms with Crippen molar-refractivity contribution in [1.29, 1.82) is 0 Å². The smallest absolute Gasteiger partial charge is 0.475 e. The quantitative estimate of drug-likeness (QED) is 0.557. The zero-order valence-corrected chi connectivity index (χ0v) is 20.2. The summed E-state index contributed by atoms with van der Waals surface area (Å²) in [6.07, 6.45) is -5.08. The summed E-state index contributed by atoms with van der Waals surface area (Å²) in [6, 6.07) is 15.8. The fourth-order valence-electron chi connectivity index (χ4n) is 2.93. The maximum Gasteiger partial charge on any atom is 0.490 e. The molecule has 1 aliphatic heterocycles. The molecular weight excluding hydrogens is 543 g/mol. The summed E-state index contributed by atoms with van der Waals surface area (Å²) < 4.78 is 60.2. The molecule has 1 amide bonds. The van der Waals surface area contributed by atoms with Crippen LogP contribution in [0.2, 0.25) is 0 Å². The van der Waals surface area contributed by atoms with Crippen molar-refractivity contribution < 1.29 is 36.3 Å². The second-order valence-electron chi connectivity index (χ2n) is 7.15. The number of nitrogens with zero attached hydrogens (tertiary/aromatic N) is 2. The van der Waals surface area contributed by atoms with Gasteiger partial charge in [-0.15, -0.1) is 0 Å². The summed E-state index contributed by atoms with van der Waals surface area (Å²) >= 11 is 3.32. The summed E-state index contributed by atoms with van der Waals surface area (Å²) in [5, 5.41) is 10.3. The second kappa shape index (κ2) is 12.3. The predicted molar refractivity (Wildman–Crippen MR) is 121 cm³/mol. The van der Waals surface area contributed by atoms with Crippen molar-refractivity contribution in [3.05, 3.63) is 64.6 Å². The van der Waals surface area contributed by atoms with Gasteiger partial charge < -0.3 is 15.3 Å². The van der Waals surface area contributed by atoms with Gasteiger partial charge in [0, 0.05) is 37.2 Å². The number of rotatable bonds is 6. The number of aliphatic carboxylic acids is 1. The third-order valence-electron chi connectivity index (χ3n) is 4.68. The summed E-state index contributed by atoms with van der Waals surface area (Å²) in [6.45, 7) is 2.62. The number of piperazine rings is 1. The van der Waals surface area contributed by atoms with E-state index in [4.69, 9.17) is 9.90 Å². The molecule has 0 saturated carbocycles. The average Bonchev–Trinajstić information content (AvgIpc) is 2.80. The zero-order valence-electron chi connectivity index (χ0n) is 17.8. The Kier molecular flexibility index (Phi) is 10.0. The molecule has 0 atom stereocenters. The highest BCUT2D eigenvalue weighted by molar-refractivity contribution is 9.10. The highest BCUT2D eigenvalue weighted by Crippen LogP contribution is 2.21. The Morgan fingerprint density at radius 1 is 1.03 bits per heavy atom. The standard InChI is InChI=1S/C19H22BrN3O3S.C2HF3O2/c20-17-6-8-18(9-7-17)27(25,26)23(14-16-4-2-1-3-5-16)15-19(24)22-12-10-21-11-13-22;3-2(4,5)1(6)7/h1-9,21H,10-15H2;(H,6,7). The van der Waals surface area contributed by atoms with E-state index in [9.17, 15) is 26.4 Å². The van der Waals surface area contributed by atoms with E-state index in [-0.39, 0.29) is 23.9 Å². The number of alkyl halides is 3. The van der Waals surface area contributed by atoms with Crippen molar-refractivity contribution in [3.8, 4) is 0 Å². The molecule has 2 aromatic rings. The lowest BCUT2D eigenvalue weighted by Crippen LogP contribution is -2.50. The van der Waals surface area contributed by atoms with Crippen LogP contribution in [-0.4, -0.2) is 73.5 Å². The van der Waals surface area contributed by atoms with Crippen LogP contribution in [-0.2, 0) is 26.2 Å². The van der Waals surface area contributed by atoms with Gasteiger partial charge in [0.15, 0.2) is 0 Å². The largest absolute Gasteiger partial charge is 0.490 e. The van der Waals surface area contributed by atoms with Gasteiger partial charge in [-0.2, -0.15) is 17.5 Å². The molecule has 0 aromatic heterocycles. The molecule has 0 bridgehead atoms. The molecule has 0 unspecified atom stereocenters. The molecule has 2 N–H and O–H groups in total. The van der Waals surface area contributed by atoms with E-state index in [0.29, 0.717) is 13.1 Å². The lowest BCUT2D eigenvalue weighted by atomic mass is 10.2. The van der Waals surface area contributed by atoms with Crippen molar-refractivity contribution in [2.45, 2.75) is 17.6 Å². The lowest BCUT2D eigenvalue weighted by Gasteiger charge is -2.30. The Morgan fingerprint density at radius 3 is 2.06 bits per heavy atom. The number of nitrogens with one attached hydrogen (secondary N) is 1. The normalized spacial score (nSPS) is 14.3. The summed E-state index contributed by atoms with van der Waals surface area (Å²) in [5.41, 5.74) is 0.839. The zero-order chi connectivity index (χ0) is 25.4. The van der Waals surface area contributed by atoms with E-state index in [0.717, 1.165) is 23.1 Å². The molecule has 0 aliphatic carbocycles. The van der Waals surface area contributed by atoms with Crippen molar-refractivity contribution in [3.63, 3.8) is 0 Å². The number of carbonyl (C=O) groups excluding carboxylic acids is 1. The van der Waals surface area contributed by atoms with E-state index in [2.05, 4.69) is 21.2 Å². The van der Waals surface area contributed by atoms with Crippen LogP contribution in [0.3, 0.4) is 0 Å². The average molecular weight is 566 g/mol. The number of carbonyl (C=O) groups is 2. The minimum atomic E-state index is -5.08. The fraction of sp³-hybridized carbons (Fsp3) is 0.333. The molecule has 2 aromatic carbocycles. The van der Waals surface area contributed by atoms with Crippen molar-refractivity contribution >= 4 is 37.8 Å². The Hall–Kier alpha value is -2.48. The number of carboxylic acids is 1. The Balaban J connectivity index is 0.000000509. The van der Waals surface area contributed by atoms with E-state index in [1.807, 2.05) is 30.3 Å². The Bertz CT molecular complexity index is 1060. The van der Waals surface area contributed by atoms with Gasteiger partial charge in [-0.3, -0.25) is 4.79 Å². The Morgan fingerprint density at radius 2 is 1.56 bits per heavy atom. The molecule has 0 radical (unpaired) electrons. The van der Waals surface area contributed by atoms with Crippen LogP contribution < -0.4 is 5.32 Å². The topological polar surface area (TPSA) is 107 Å². The molecule has 34 heavy (non-hydrogen) atoms. The third-order valence-corrected chi connectivity index (χ3v) is 7.01. The van der Waals surface area contributed by atoms with E-state index >= 15 is 0 Å². The van der Waals surface area contributed by atoms with Gasteiger partial charge in [0.1, 0.15) is 0 Å². The molecule has 1 aliphatic rings. The van der Waals surface area contributed by atoms with Crippen molar-refractivity contribution in [2.75, 3.05) is 32.7 Å². The number of carboxylic acid groups (broad SMARTS) is 1. The molecule has 13 heteroatoms. The predicted octanol–water partition coefficient (Wildman–Crippen LogP) is 2.71. The maximum absolute atomic E-state index is 13.2. The van der Waals surface area contributed by atoms with Gasteiger partial charge in [-0.05, 0) is 29.8 Å². The lowest BCUT2D eigenvalue weighted by molar-refractivity contribution is -0.192. The van der Waals surface area contributed by atoms with Crippen LogP contribution in [0.5, 0.6) is 0 Å². The van der Waals surface area contributed by atoms with Gasteiger partial charge in [-0.25, -0.2) is 13.2 Å². The molecule has 1 saturated heterocycles. The Labute approximate surface area is 203 Å². The van der Waals surface area contributed by atoms with Gasteiger partial charge in [0.25, 0.3) is 0 Å². The maximum atomic E-state index is 13.2. The number of benzene rings is 2. The molecule has 1 heterocycles. The highest BCUT2D eigenvalue weighted by atomic mass is 79.9. The van der Waals surface area contributed by atoms with Crippen LogP contribution in [0.25, 0.3) is 0 Å². The van der Waals surface area contributed by atoms with E-state index < -0.39 is 22.2 Å². The summed E-state index contributed by atoms with van der Waals surface area (Å²) in [7, 11) is -3.80. The number of sulfonamides is 1. The third kappa shape index (κ3) is 8.38. The number of amides is 1. The van der Waals surface area contributed by atoms with Gasteiger partial charge in [-0.1, -0.05) is 46.3 Å². The molecule has 8 nitrogen and oxygen atoms in total. The van der Waals surface area contributed by atoms with Crippen LogP contribution in [0.1, 0.15) is 5.56 Å². The monoisotopic (exact) mass is 565 g/mol. The highest BCUT2D eigenvalue weighted by Gasteiger charge is 2.38. The molecular formula is C21H23BrF3N3O5S. The first-order valence-electron chi connectivity index (χ1n) is 9.99. The first kappa shape index (κ1) is 27.8. The van der Waals surface area contributed by atoms with Gasteiger partial charge in [0.2, 0.25) is 15.9 Å². The number of hydrogen-bond donors (Lipinski definition) is 2. The van der Waals surface area contributed by atoms with Crippen molar-refractivity contribution in [2.24, 2.45) is 0 Å². The molecule has 3 rings (SSSR count). The van der Waals surface area contributed by atoms with Crippen LogP contribution in [0.4, 0.5) is 13.2 Å². The second-order valence-corrected chi connectivity index (χ2v) is 10.00. The number of halogens is 4. The van der Waals surface area contributed by atoms with Crippen LogP contribution in [0.15, 0.2) is 64.0 Å². The van der Waals surface area contributed by atoms with E-state index in [1.165, 1.54) is 4.31 Å². The SMILES string of the molecule is O=C(CN(Cc1ccccc1)S(=O)(=O)c1ccc(Br)cc1)N1CCNCC1.O=C(O)C(F)(F)F. The van der Waals surface area contributed by atoms with E-state index in [1.54, 1.807) is 29.2 Å². The van der Waals surface area contributed by atoms with Gasteiger partial charge in [0.05, 0.1) is 11.4 Å². The summed E-state index contributed by atoms with van der Waals surface area (Å²) in [4.78, 5) is 23.5. The van der Waals surface area contributed by atoms with Crippen LogP contribution >= 0.6 is 15.9 Å². The van der Waals surface area contributed by atoms with Crippen LogP contribution in [0, 0.1) is 0 Å². The minimum absolute atomic E-state index is 0.150. The molecule has 1 fully saturated rings. The minimum Gasteiger partial charge on any atom is -0.475 e. The first-order chi connectivity index (χ1) is 15.9. The molecule has 0 spiro atoms. The number of hydrogen-bond acceptors (Lipinski definition) is 5. The summed E-state index contributed by atoms with van der Waals surface area (Å²) in [5.74, 6) is -2.93. The molecule has 186 valence electrons. The first-order valence-corrected chi connectivity index (χ1v) is 12.2. The van der Waals surface area contributed by atoms with Gasteiger partial charge >= 0.3 is 12.1 Å².